The first-order valence-electron chi connectivity index (χ1n) is 7.40. The molecule has 0 unspecified atom stereocenters. The van der Waals surface area contributed by atoms with Crippen molar-refractivity contribution in [1.29, 1.82) is 0 Å². The number of nitro benzene ring substituents is 1. The molecule has 28 heavy (non-hydrogen) atoms. The average molecular weight is 405 g/mol. The lowest BCUT2D eigenvalue weighted by atomic mass is 10.1. The largest absolute Gasteiger partial charge is 0.493 e. The fraction of sp³-hybridized carbons (Fsp3) is 0.188. The van der Waals surface area contributed by atoms with Gasteiger partial charge in [0.25, 0.3) is 5.69 Å². The molecule has 0 aliphatic rings. The molecule has 0 amide bonds. The van der Waals surface area contributed by atoms with Crippen LogP contribution in [-0.4, -0.2) is 24.9 Å². The van der Waals surface area contributed by atoms with Crippen molar-refractivity contribution >= 4 is 17.6 Å². The number of alkyl halides is 5. The van der Waals surface area contributed by atoms with Crippen LogP contribution in [0.5, 0.6) is 11.5 Å². The molecular weight excluding hydrogens is 393 g/mol. The first-order valence-corrected chi connectivity index (χ1v) is 7.40. The summed E-state index contributed by atoms with van der Waals surface area (Å²) < 4.78 is 72.5. The molecule has 0 saturated carbocycles. The van der Waals surface area contributed by atoms with E-state index < -0.39 is 29.0 Å². The molecule has 2 aromatic rings. The maximum absolute atomic E-state index is 12.7. The molecule has 2 rings (SSSR count). The molecule has 0 aromatic heterocycles. The fourth-order valence-electron chi connectivity index (χ4n) is 2.14. The highest BCUT2D eigenvalue weighted by molar-refractivity contribution is 5.85. The van der Waals surface area contributed by atoms with Gasteiger partial charge in [0, 0.05) is 11.6 Å². The zero-order valence-corrected chi connectivity index (χ0v) is 14.0. The van der Waals surface area contributed by atoms with E-state index in [1.807, 2.05) is 0 Å². The van der Waals surface area contributed by atoms with Crippen molar-refractivity contribution in [3.8, 4) is 11.5 Å². The van der Waals surface area contributed by atoms with Crippen LogP contribution < -0.4 is 14.9 Å². The van der Waals surface area contributed by atoms with Crippen LogP contribution in [0, 0.1) is 10.1 Å². The van der Waals surface area contributed by atoms with Gasteiger partial charge >= 0.3 is 12.8 Å². The summed E-state index contributed by atoms with van der Waals surface area (Å²) in [5.74, 6) is -0.336. The first kappa shape index (κ1) is 20.9. The smallest absolute Gasteiger partial charge is 0.416 e. The summed E-state index contributed by atoms with van der Waals surface area (Å²) in [6.07, 6.45) is -3.75. The second kappa shape index (κ2) is 8.50. The van der Waals surface area contributed by atoms with Crippen LogP contribution in [0.2, 0.25) is 0 Å². The summed E-state index contributed by atoms with van der Waals surface area (Å²) in [6.45, 7) is -3.15. The van der Waals surface area contributed by atoms with Crippen LogP contribution in [0.3, 0.4) is 0 Å². The van der Waals surface area contributed by atoms with Crippen molar-refractivity contribution in [1.82, 2.24) is 0 Å². The number of hydrogen-bond acceptors (Lipinski definition) is 6. The van der Waals surface area contributed by atoms with Gasteiger partial charge in [0.15, 0.2) is 11.5 Å². The van der Waals surface area contributed by atoms with E-state index in [4.69, 9.17) is 4.74 Å². The molecule has 0 fully saturated rings. The van der Waals surface area contributed by atoms with E-state index in [2.05, 4.69) is 15.3 Å². The third-order valence-electron chi connectivity index (χ3n) is 3.35. The standard InChI is InChI=1S/C16H12F5N3O4/c1-27-13-4-2-3-9(14(13)28-15(17)18)8-22-23-11-6-5-10(16(19,20)21)7-12(11)24(25)26/h2-8,15,23H,1H3/b22-8-. The highest BCUT2D eigenvalue weighted by Gasteiger charge is 2.33. The zero-order valence-electron chi connectivity index (χ0n) is 14.0. The van der Waals surface area contributed by atoms with Gasteiger partial charge in [-0.05, 0) is 24.3 Å². The van der Waals surface area contributed by atoms with E-state index in [9.17, 15) is 32.1 Å². The molecule has 0 aliphatic carbocycles. The number of nitro groups is 1. The Bertz CT molecular complexity index is 887. The lowest BCUT2D eigenvalue weighted by Crippen LogP contribution is -2.07. The molecule has 0 aliphatic heterocycles. The van der Waals surface area contributed by atoms with Gasteiger partial charge < -0.3 is 9.47 Å². The van der Waals surface area contributed by atoms with Crippen molar-refractivity contribution in [3.05, 3.63) is 57.6 Å². The number of rotatable bonds is 7. The molecule has 12 heteroatoms. The Hall–Kier alpha value is -3.44. The van der Waals surface area contributed by atoms with Crippen LogP contribution in [0.4, 0.5) is 33.3 Å². The van der Waals surface area contributed by atoms with Gasteiger partial charge in [-0.2, -0.15) is 27.1 Å². The second-order valence-electron chi connectivity index (χ2n) is 5.11. The molecule has 0 atom stereocenters. The first-order chi connectivity index (χ1) is 13.1. The summed E-state index contributed by atoms with van der Waals surface area (Å²) in [6, 6.07) is 6.01. The molecule has 7 nitrogen and oxygen atoms in total. The molecule has 0 radical (unpaired) electrons. The molecule has 0 spiro atoms. The summed E-state index contributed by atoms with van der Waals surface area (Å²) in [5, 5.41) is 14.7. The number of halogens is 5. The van der Waals surface area contributed by atoms with Gasteiger partial charge in [-0.25, -0.2) is 0 Å². The maximum atomic E-state index is 12.7. The Labute approximate surface area is 154 Å². The van der Waals surface area contributed by atoms with Crippen LogP contribution in [0.25, 0.3) is 0 Å². The monoisotopic (exact) mass is 405 g/mol. The van der Waals surface area contributed by atoms with Gasteiger partial charge in [-0.15, -0.1) is 0 Å². The van der Waals surface area contributed by atoms with Crippen molar-refractivity contribution in [3.63, 3.8) is 0 Å². The molecule has 0 bridgehead atoms. The molecule has 2 aromatic carbocycles. The van der Waals surface area contributed by atoms with Crippen molar-refractivity contribution in [2.45, 2.75) is 12.8 Å². The van der Waals surface area contributed by atoms with Gasteiger partial charge in [0.2, 0.25) is 0 Å². The Kier molecular flexibility index (Phi) is 6.33. The summed E-state index contributed by atoms with van der Waals surface area (Å²) in [4.78, 5) is 10.0. The molecule has 1 N–H and O–H groups in total. The van der Waals surface area contributed by atoms with E-state index in [-0.39, 0.29) is 22.7 Å². The Morgan fingerprint density at radius 2 is 1.96 bits per heavy atom. The number of hydrazone groups is 1. The second-order valence-corrected chi connectivity index (χ2v) is 5.11. The number of hydrogen-bond donors (Lipinski definition) is 1. The van der Waals surface area contributed by atoms with Crippen molar-refractivity contribution < 1.29 is 36.3 Å². The fourth-order valence-corrected chi connectivity index (χ4v) is 2.14. The lowest BCUT2D eigenvalue weighted by molar-refractivity contribution is -0.384. The normalized spacial score (nSPS) is 11.7. The number of benzene rings is 2. The molecule has 0 saturated heterocycles. The summed E-state index contributed by atoms with van der Waals surface area (Å²) in [5.41, 5.74) is -0.125. The summed E-state index contributed by atoms with van der Waals surface area (Å²) >= 11 is 0. The van der Waals surface area contributed by atoms with Crippen molar-refractivity contribution in [2.75, 3.05) is 12.5 Å². The minimum Gasteiger partial charge on any atom is -0.493 e. The van der Waals surface area contributed by atoms with Gasteiger partial charge in [-0.1, -0.05) is 6.07 Å². The Balaban J connectivity index is 2.32. The van der Waals surface area contributed by atoms with Crippen LogP contribution in [0.1, 0.15) is 11.1 Å². The number of nitrogens with one attached hydrogen (secondary N) is 1. The van der Waals surface area contributed by atoms with E-state index in [1.165, 1.54) is 25.3 Å². The third-order valence-corrected chi connectivity index (χ3v) is 3.35. The molecular formula is C16H12F5N3O4. The van der Waals surface area contributed by atoms with E-state index in [1.54, 1.807) is 0 Å². The van der Waals surface area contributed by atoms with Crippen molar-refractivity contribution in [2.24, 2.45) is 5.10 Å². The number of methoxy groups -OCH3 is 1. The minimum atomic E-state index is -4.76. The summed E-state index contributed by atoms with van der Waals surface area (Å²) in [7, 11) is 1.23. The quantitative estimate of drug-likeness (QED) is 0.313. The predicted octanol–water partition coefficient (Wildman–Crippen LogP) is 4.67. The number of nitrogens with zero attached hydrogens (tertiary/aromatic N) is 2. The molecule has 150 valence electrons. The lowest BCUT2D eigenvalue weighted by Gasteiger charge is -2.12. The maximum Gasteiger partial charge on any atom is 0.416 e. The average Bonchev–Trinajstić information content (AvgIpc) is 2.61. The highest BCUT2D eigenvalue weighted by Crippen LogP contribution is 2.35. The van der Waals surface area contributed by atoms with E-state index >= 15 is 0 Å². The SMILES string of the molecule is COc1cccc(/C=N\Nc2ccc(C(F)(F)F)cc2[N+](=O)[O-])c1OC(F)F. The van der Waals surface area contributed by atoms with Gasteiger partial charge in [0.05, 0.1) is 23.8 Å². The Morgan fingerprint density at radius 1 is 1.25 bits per heavy atom. The highest BCUT2D eigenvalue weighted by atomic mass is 19.4. The third kappa shape index (κ3) is 5.05. The number of anilines is 1. The van der Waals surface area contributed by atoms with Crippen LogP contribution >= 0.6 is 0 Å². The number of ether oxygens (including phenoxy) is 2. The number of para-hydroxylation sites is 1. The zero-order chi connectivity index (χ0) is 20.9. The van der Waals surface area contributed by atoms with E-state index in [0.29, 0.717) is 12.1 Å². The van der Waals surface area contributed by atoms with Gasteiger partial charge in [0.1, 0.15) is 5.69 Å². The minimum absolute atomic E-state index is 0.00948. The van der Waals surface area contributed by atoms with Gasteiger partial charge in [-0.3, -0.25) is 15.5 Å². The Morgan fingerprint density at radius 3 is 2.54 bits per heavy atom. The van der Waals surface area contributed by atoms with Crippen LogP contribution in [0.15, 0.2) is 41.5 Å². The molecule has 0 heterocycles. The topological polar surface area (TPSA) is 86.0 Å². The van der Waals surface area contributed by atoms with E-state index in [0.717, 1.165) is 12.3 Å². The van der Waals surface area contributed by atoms with Crippen LogP contribution in [-0.2, 0) is 6.18 Å². The predicted molar refractivity (Wildman–Crippen MR) is 88.9 cm³/mol.